The van der Waals surface area contributed by atoms with E-state index in [0.29, 0.717) is 11.8 Å². The average Bonchev–Trinajstić information content (AvgIpc) is 2.86. The Morgan fingerprint density at radius 2 is 1.95 bits per heavy atom. The first-order chi connectivity index (χ1) is 9.20. The molecular weight excluding hydrogens is 242 g/mol. The van der Waals surface area contributed by atoms with Crippen LogP contribution in [0.5, 0.6) is 0 Å². The Balaban J connectivity index is 2.06. The highest BCUT2D eigenvalue weighted by Crippen LogP contribution is 2.20. The summed E-state index contributed by atoms with van der Waals surface area (Å²) in [5.41, 5.74) is 2.49. The second-order valence-corrected chi connectivity index (χ2v) is 4.49. The normalized spacial score (nSPS) is 10.9. The van der Waals surface area contributed by atoms with Gasteiger partial charge in [-0.05, 0) is 32.9 Å². The maximum Gasteiger partial charge on any atom is 0.249 e. The van der Waals surface area contributed by atoms with E-state index in [4.69, 9.17) is 4.42 Å². The van der Waals surface area contributed by atoms with Crippen molar-refractivity contribution in [1.29, 1.82) is 0 Å². The van der Waals surface area contributed by atoms with Crippen molar-refractivity contribution < 1.29 is 4.42 Å². The zero-order valence-corrected chi connectivity index (χ0v) is 11.6. The molecule has 2 aromatic heterocycles. The lowest BCUT2D eigenvalue weighted by Gasteiger charge is -2.00. The molecule has 6 nitrogen and oxygen atoms in total. The molecule has 19 heavy (non-hydrogen) atoms. The topological polar surface area (TPSA) is 76.7 Å². The quantitative estimate of drug-likeness (QED) is 0.797. The summed E-state index contributed by atoms with van der Waals surface area (Å²) >= 11 is 0. The van der Waals surface area contributed by atoms with Gasteiger partial charge >= 0.3 is 0 Å². The van der Waals surface area contributed by atoms with E-state index in [0.717, 1.165) is 42.9 Å². The van der Waals surface area contributed by atoms with Crippen LogP contribution in [0.15, 0.2) is 10.5 Å². The molecule has 0 aliphatic rings. The van der Waals surface area contributed by atoms with Gasteiger partial charge in [0.25, 0.3) is 0 Å². The fraction of sp³-hybridized carbons (Fsp3) is 0.538. The molecule has 0 spiro atoms. The summed E-state index contributed by atoms with van der Waals surface area (Å²) in [6.07, 6.45) is 1.86. The minimum Gasteiger partial charge on any atom is -0.421 e. The second kappa shape index (κ2) is 6.38. The smallest absolute Gasteiger partial charge is 0.249 e. The first-order valence-corrected chi connectivity index (χ1v) is 6.55. The van der Waals surface area contributed by atoms with Crippen LogP contribution in [0.3, 0.4) is 0 Å². The molecular formula is C13H19N5O. The molecule has 0 bridgehead atoms. The van der Waals surface area contributed by atoms with Gasteiger partial charge in [-0.3, -0.25) is 0 Å². The summed E-state index contributed by atoms with van der Waals surface area (Å²) in [5.74, 6) is 1.16. The standard InChI is InChI=1S/C13H19N5O/c1-4-6-14-7-5-12-17-18-13(19-12)11-8-9(2)15-16-10(11)3/h8,14H,4-7H2,1-3H3. The van der Waals surface area contributed by atoms with Crippen LogP contribution in [0, 0.1) is 13.8 Å². The van der Waals surface area contributed by atoms with Crippen molar-refractivity contribution in [2.24, 2.45) is 0 Å². The van der Waals surface area contributed by atoms with Crippen LogP contribution in [0.25, 0.3) is 11.5 Å². The van der Waals surface area contributed by atoms with Crippen molar-refractivity contribution in [3.8, 4) is 11.5 Å². The molecule has 6 heteroatoms. The van der Waals surface area contributed by atoms with E-state index < -0.39 is 0 Å². The van der Waals surface area contributed by atoms with Gasteiger partial charge in [0.2, 0.25) is 11.8 Å². The van der Waals surface area contributed by atoms with E-state index >= 15 is 0 Å². The highest BCUT2D eigenvalue weighted by Gasteiger charge is 2.12. The Morgan fingerprint density at radius 1 is 1.11 bits per heavy atom. The van der Waals surface area contributed by atoms with Crippen LogP contribution in [-0.4, -0.2) is 33.5 Å². The minimum atomic E-state index is 0.515. The fourth-order valence-corrected chi connectivity index (χ4v) is 1.73. The maximum atomic E-state index is 5.66. The van der Waals surface area contributed by atoms with Crippen molar-refractivity contribution in [3.63, 3.8) is 0 Å². The predicted octanol–water partition coefficient (Wildman–Crippen LogP) is 1.69. The van der Waals surface area contributed by atoms with Gasteiger partial charge in [0.1, 0.15) is 0 Å². The van der Waals surface area contributed by atoms with Gasteiger partial charge in [0.05, 0.1) is 17.0 Å². The third-order valence-electron chi connectivity index (χ3n) is 2.74. The highest BCUT2D eigenvalue weighted by molar-refractivity contribution is 5.55. The van der Waals surface area contributed by atoms with E-state index in [1.54, 1.807) is 0 Å². The molecule has 0 aliphatic heterocycles. The Labute approximate surface area is 112 Å². The zero-order valence-electron chi connectivity index (χ0n) is 11.6. The van der Waals surface area contributed by atoms with Crippen LogP contribution < -0.4 is 5.32 Å². The lowest BCUT2D eigenvalue weighted by molar-refractivity contribution is 0.494. The molecule has 0 amide bonds. The Kier molecular flexibility index (Phi) is 4.57. The Morgan fingerprint density at radius 3 is 2.74 bits per heavy atom. The lowest BCUT2D eigenvalue weighted by Crippen LogP contribution is -2.17. The number of nitrogens with zero attached hydrogens (tertiary/aromatic N) is 4. The minimum absolute atomic E-state index is 0.515. The van der Waals surface area contributed by atoms with E-state index in [9.17, 15) is 0 Å². The van der Waals surface area contributed by atoms with E-state index in [1.165, 1.54) is 0 Å². The molecule has 0 aromatic carbocycles. The molecule has 0 saturated heterocycles. The first-order valence-electron chi connectivity index (χ1n) is 6.55. The van der Waals surface area contributed by atoms with Gasteiger partial charge in [-0.25, -0.2) is 0 Å². The summed E-state index contributed by atoms with van der Waals surface area (Å²) in [6.45, 7) is 7.77. The van der Waals surface area contributed by atoms with Gasteiger partial charge in [0.15, 0.2) is 0 Å². The summed E-state index contributed by atoms with van der Waals surface area (Å²) in [5, 5.41) is 19.5. The van der Waals surface area contributed by atoms with Gasteiger partial charge in [-0.2, -0.15) is 10.2 Å². The van der Waals surface area contributed by atoms with Gasteiger partial charge in [-0.1, -0.05) is 6.92 Å². The van der Waals surface area contributed by atoms with Crippen LogP contribution in [-0.2, 0) is 6.42 Å². The van der Waals surface area contributed by atoms with Crippen molar-refractivity contribution >= 4 is 0 Å². The van der Waals surface area contributed by atoms with Crippen molar-refractivity contribution in [1.82, 2.24) is 25.7 Å². The SMILES string of the molecule is CCCNCCc1nnc(-c2cc(C)nnc2C)o1. The van der Waals surface area contributed by atoms with Crippen LogP contribution in [0.2, 0.25) is 0 Å². The summed E-state index contributed by atoms with van der Waals surface area (Å²) in [6, 6.07) is 1.91. The van der Waals surface area contributed by atoms with Crippen molar-refractivity contribution in [2.75, 3.05) is 13.1 Å². The molecule has 0 atom stereocenters. The van der Waals surface area contributed by atoms with Crippen molar-refractivity contribution in [2.45, 2.75) is 33.6 Å². The Bertz CT molecular complexity index is 538. The zero-order chi connectivity index (χ0) is 13.7. The average molecular weight is 261 g/mol. The molecule has 0 saturated carbocycles. The summed E-state index contributed by atoms with van der Waals surface area (Å²) in [4.78, 5) is 0. The molecule has 1 N–H and O–H groups in total. The Hall–Kier alpha value is -1.82. The largest absolute Gasteiger partial charge is 0.421 e. The van der Waals surface area contributed by atoms with Gasteiger partial charge in [-0.15, -0.1) is 10.2 Å². The van der Waals surface area contributed by atoms with Crippen molar-refractivity contribution in [3.05, 3.63) is 23.3 Å². The number of hydrogen-bond acceptors (Lipinski definition) is 6. The molecule has 2 aromatic rings. The number of hydrogen-bond donors (Lipinski definition) is 1. The van der Waals surface area contributed by atoms with Crippen LogP contribution in [0.1, 0.15) is 30.6 Å². The summed E-state index contributed by atoms with van der Waals surface area (Å²) in [7, 11) is 0. The molecule has 102 valence electrons. The van der Waals surface area contributed by atoms with Crippen LogP contribution in [0.4, 0.5) is 0 Å². The molecule has 0 fully saturated rings. The molecule has 2 rings (SSSR count). The second-order valence-electron chi connectivity index (χ2n) is 4.49. The number of rotatable bonds is 6. The van der Waals surface area contributed by atoms with Gasteiger partial charge < -0.3 is 9.73 Å². The molecule has 0 radical (unpaired) electrons. The number of nitrogens with one attached hydrogen (secondary N) is 1. The van der Waals surface area contributed by atoms with Gasteiger partial charge in [0, 0.05) is 13.0 Å². The van der Waals surface area contributed by atoms with Crippen LogP contribution >= 0.6 is 0 Å². The van der Waals surface area contributed by atoms with E-state index in [-0.39, 0.29) is 0 Å². The maximum absolute atomic E-state index is 5.66. The van der Waals surface area contributed by atoms with E-state index in [1.807, 2.05) is 19.9 Å². The summed E-state index contributed by atoms with van der Waals surface area (Å²) < 4.78 is 5.66. The third-order valence-corrected chi connectivity index (χ3v) is 2.74. The molecule has 0 unspecified atom stereocenters. The third kappa shape index (κ3) is 3.57. The number of aromatic nitrogens is 4. The highest BCUT2D eigenvalue weighted by atomic mass is 16.4. The lowest BCUT2D eigenvalue weighted by atomic mass is 10.2. The molecule has 2 heterocycles. The first kappa shape index (κ1) is 13.6. The monoisotopic (exact) mass is 261 g/mol. The fourth-order valence-electron chi connectivity index (χ4n) is 1.73. The predicted molar refractivity (Wildman–Crippen MR) is 71.7 cm³/mol. The number of aryl methyl sites for hydroxylation is 2. The van der Waals surface area contributed by atoms with E-state index in [2.05, 4.69) is 32.6 Å². The molecule has 0 aliphatic carbocycles.